The number of halogens is 1. The van der Waals surface area contributed by atoms with Gasteiger partial charge in [0.05, 0.1) is 10.5 Å². The average Bonchev–Trinajstić information content (AvgIpc) is 2.92. The Bertz CT molecular complexity index is 614. The quantitative estimate of drug-likeness (QED) is 0.679. The molecule has 1 aromatic carbocycles. The van der Waals surface area contributed by atoms with Gasteiger partial charge in [0.15, 0.2) is 0 Å². The van der Waals surface area contributed by atoms with Crippen LogP contribution in [0.1, 0.15) is 24.4 Å². The first kappa shape index (κ1) is 14.5. The molecule has 0 aliphatic heterocycles. The number of thiazole rings is 1. The number of hydrogen-bond donors (Lipinski definition) is 1. The summed E-state index contributed by atoms with van der Waals surface area (Å²) < 4.78 is 13.9. The summed E-state index contributed by atoms with van der Waals surface area (Å²) in [6.07, 6.45) is 1.71. The van der Waals surface area contributed by atoms with Crippen LogP contribution in [0, 0.1) is 15.9 Å². The lowest BCUT2D eigenvalue weighted by Crippen LogP contribution is -2.36. The first-order valence-corrected chi connectivity index (χ1v) is 6.86. The third-order valence-corrected chi connectivity index (χ3v) is 4.04. The smallest absolute Gasteiger partial charge is 0.302 e. The highest BCUT2D eigenvalue weighted by molar-refractivity contribution is 7.09. The van der Waals surface area contributed by atoms with Gasteiger partial charge < -0.3 is 5.32 Å². The topological polar surface area (TPSA) is 68.1 Å². The number of nitrogens with zero attached hydrogens (tertiary/aromatic N) is 2. The van der Waals surface area contributed by atoms with Crippen LogP contribution in [0.3, 0.4) is 0 Å². The molecule has 0 atom stereocenters. The first-order chi connectivity index (χ1) is 9.42. The highest BCUT2D eigenvalue weighted by atomic mass is 32.1. The van der Waals surface area contributed by atoms with Crippen molar-refractivity contribution < 1.29 is 9.31 Å². The van der Waals surface area contributed by atoms with Crippen LogP contribution in [0.4, 0.5) is 10.1 Å². The lowest BCUT2D eigenvalue weighted by molar-refractivity contribution is -0.387. The van der Waals surface area contributed by atoms with E-state index in [1.807, 2.05) is 19.2 Å². The van der Waals surface area contributed by atoms with Gasteiger partial charge in [0, 0.05) is 29.8 Å². The van der Waals surface area contributed by atoms with Crippen LogP contribution < -0.4 is 5.32 Å². The lowest BCUT2D eigenvalue weighted by atomic mass is 10.1. The minimum absolute atomic E-state index is 0.195. The standard InChI is InChI=1S/C13H14FN3O2S/c1-13(2,12-15-6-7-20-12)16-8-9-4-3-5-10(11(9)14)17(18)19/h3-7,16H,8H2,1-2H3. The third-order valence-electron chi connectivity index (χ3n) is 2.94. The molecule has 5 nitrogen and oxygen atoms in total. The van der Waals surface area contributed by atoms with E-state index in [0.29, 0.717) is 0 Å². The zero-order chi connectivity index (χ0) is 14.8. The van der Waals surface area contributed by atoms with Gasteiger partial charge in [-0.05, 0) is 13.8 Å². The molecule has 0 unspecified atom stereocenters. The number of nitro benzene ring substituents is 1. The van der Waals surface area contributed by atoms with E-state index in [0.717, 1.165) is 11.1 Å². The van der Waals surface area contributed by atoms with Crippen LogP contribution >= 0.6 is 11.3 Å². The van der Waals surface area contributed by atoms with Gasteiger partial charge in [0.25, 0.3) is 0 Å². The number of nitrogens with one attached hydrogen (secondary N) is 1. The number of hydrogen-bond acceptors (Lipinski definition) is 5. The van der Waals surface area contributed by atoms with Crippen LogP contribution in [0.15, 0.2) is 29.8 Å². The lowest BCUT2D eigenvalue weighted by Gasteiger charge is -2.24. The van der Waals surface area contributed by atoms with Crippen molar-refractivity contribution in [2.24, 2.45) is 0 Å². The minimum Gasteiger partial charge on any atom is -0.302 e. The Morgan fingerprint density at radius 1 is 1.50 bits per heavy atom. The normalized spacial score (nSPS) is 11.6. The van der Waals surface area contributed by atoms with Crippen LogP contribution in [-0.2, 0) is 12.1 Å². The van der Waals surface area contributed by atoms with E-state index in [2.05, 4.69) is 10.3 Å². The molecular formula is C13H14FN3O2S. The average molecular weight is 295 g/mol. The molecule has 20 heavy (non-hydrogen) atoms. The molecule has 1 N–H and O–H groups in total. The number of nitro groups is 1. The van der Waals surface area contributed by atoms with Crippen LogP contribution in [0.5, 0.6) is 0 Å². The zero-order valence-electron chi connectivity index (χ0n) is 11.1. The van der Waals surface area contributed by atoms with Crippen LogP contribution in [0.25, 0.3) is 0 Å². The monoisotopic (exact) mass is 295 g/mol. The van der Waals surface area contributed by atoms with E-state index >= 15 is 0 Å². The fourth-order valence-electron chi connectivity index (χ4n) is 1.77. The van der Waals surface area contributed by atoms with Crippen molar-refractivity contribution in [2.45, 2.75) is 25.9 Å². The van der Waals surface area contributed by atoms with E-state index in [4.69, 9.17) is 0 Å². The van der Waals surface area contributed by atoms with Crippen LogP contribution in [-0.4, -0.2) is 9.91 Å². The Kier molecular flexibility index (Phi) is 4.10. The molecular weight excluding hydrogens is 281 g/mol. The van der Waals surface area contributed by atoms with Crippen molar-refractivity contribution in [1.82, 2.24) is 10.3 Å². The SMILES string of the molecule is CC(C)(NCc1cccc([N+](=O)[O-])c1F)c1nccs1. The van der Waals surface area contributed by atoms with Gasteiger partial charge in [-0.3, -0.25) is 10.1 Å². The molecule has 2 rings (SSSR count). The largest absolute Gasteiger partial charge is 0.305 e. The molecule has 0 fully saturated rings. The highest BCUT2D eigenvalue weighted by Crippen LogP contribution is 2.24. The van der Waals surface area contributed by atoms with Gasteiger partial charge in [0.1, 0.15) is 5.01 Å². The summed E-state index contributed by atoms with van der Waals surface area (Å²) in [5.41, 5.74) is -0.661. The molecule has 2 aromatic rings. The summed E-state index contributed by atoms with van der Waals surface area (Å²) >= 11 is 1.50. The van der Waals surface area contributed by atoms with Gasteiger partial charge >= 0.3 is 5.69 Å². The van der Waals surface area contributed by atoms with Crippen molar-refractivity contribution >= 4 is 17.0 Å². The fourth-order valence-corrected chi connectivity index (χ4v) is 2.51. The maximum Gasteiger partial charge on any atom is 0.305 e. The molecule has 0 aliphatic rings. The maximum atomic E-state index is 13.9. The molecule has 7 heteroatoms. The highest BCUT2D eigenvalue weighted by Gasteiger charge is 2.24. The summed E-state index contributed by atoms with van der Waals surface area (Å²) in [5.74, 6) is -0.792. The van der Waals surface area contributed by atoms with E-state index in [-0.39, 0.29) is 12.1 Å². The zero-order valence-corrected chi connectivity index (χ0v) is 11.9. The van der Waals surface area contributed by atoms with E-state index < -0.39 is 22.0 Å². The van der Waals surface area contributed by atoms with Crippen molar-refractivity contribution in [1.29, 1.82) is 0 Å². The van der Waals surface area contributed by atoms with E-state index in [9.17, 15) is 14.5 Å². The van der Waals surface area contributed by atoms with Crippen molar-refractivity contribution in [3.63, 3.8) is 0 Å². The first-order valence-electron chi connectivity index (χ1n) is 5.98. The molecule has 0 saturated carbocycles. The second kappa shape index (κ2) is 5.64. The van der Waals surface area contributed by atoms with Gasteiger partial charge in [-0.2, -0.15) is 4.39 Å². The summed E-state index contributed by atoms with van der Waals surface area (Å²) in [5, 5.41) is 16.6. The Morgan fingerprint density at radius 2 is 2.25 bits per heavy atom. The molecule has 0 spiro atoms. The predicted molar refractivity (Wildman–Crippen MR) is 75.0 cm³/mol. The molecule has 1 aromatic heterocycles. The molecule has 0 aliphatic carbocycles. The van der Waals surface area contributed by atoms with E-state index in [1.54, 1.807) is 6.20 Å². The van der Waals surface area contributed by atoms with Gasteiger partial charge in [-0.25, -0.2) is 4.98 Å². The summed E-state index contributed by atoms with van der Waals surface area (Å²) in [6, 6.07) is 4.17. The summed E-state index contributed by atoms with van der Waals surface area (Å²) in [4.78, 5) is 14.2. The van der Waals surface area contributed by atoms with Crippen LogP contribution in [0.2, 0.25) is 0 Å². The van der Waals surface area contributed by atoms with Crippen molar-refractivity contribution in [2.75, 3.05) is 0 Å². The Morgan fingerprint density at radius 3 is 2.85 bits per heavy atom. The Balaban J connectivity index is 2.16. The Labute approximate surface area is 119 Å². The molecule has 0 saturated heterocycles. The number of aromatic nitrogens is 1. The molecule has 106 valence electrons. The second-order valence-corrected chi connectivity index (χ2v) is 5.72. The molecule has 0 amide bonds. The van der Waals surface area contributed by atoms with Gasteiger partial charge in [0.2, 0.25) is 5.82 Å². The van der Waals surface area contributed by atoms with Crippen molar-refractivity contribution in [3.05, 3.63) is 56.3 Å². The molecule has 1 heterocycles. The summed E-state index contributed by atoms with van der Waals surface area (Å²) in [7, 11) is 0. The molecule has 0 bridgehead atoms. The fraction of sp³-hybridized carbons (Fsp3) is 0.308. The Hall–Kier alpha value is -1.86. The second-order valence-electron chi connectivity index (χ2n) is 4.82. The van der Waals surface area contributed by atoms with Gasteiger partial charge in [-0.15, -0.1) is 11.3 Å². The summed E-state index contributed by atoms with van der Waals surface area (Å²) in [6.45, 7) is 4.06. The molecule has 0 radical (unpaired) electrons. The third kappa shape index (κ3) is 3.00. The number of benzene rings is 1. The minimum atomic E-state index is -0.792. The van der Waals surface area contributed by atoms with Gasteiger partial charge in [-0.1, -0.05) is 12.1 Å². The maximum absolute atomic E-state index is 13.9. The van der Waals surface area contributed by atoms with Crippen molar-refractivity contribution in [3.8, 4) is 0 Å². The van der Waals surface area contributed by atoms with E-state index in [1.165, 1.54) is 23.5 Å². The number of rotatable bonds is 5. The predicted octanol–water partition coefficient (Wildman–Crippen LogP) is 3.22.